The molecule has 1 heterocycles. The summed E-state index contributed by atoms with van der Waals surface area (Å²) < 4.78 is 7.06. The minimum atomic E-state index is 0.000360. The number of hydrogen-bond acceptors (Lipinski definition) is 5. The van der Waals surface area contributed by atoms with Crippen LogP contribution in [-0.4, -0.2) is 40.7 Å². The molecule has 3 aromatic rings. The Kier molecular flexibility index (Phi) is 5.76. The molecule has 0 saturated heterocycles. The first-order valence-corrected chi connectivity index (χ1v) is 9.03. The van der Waals surface area contributed by atoms with E-state index in [-0.39, 0.29) is 18.9 Å². The quantitative estimate of drug-likeness (QED) is 0.472. The molecule has 0 spiro atoms. The number of aryl methyl sites for hydroxylation is 2. The van der Waals surface area contributed by atoms with Crippen molar-refractivity contribution in [1.82, 2.24) is 9.55 Å². The van der Waals surface area contributed by atoms with E-state index >= 15 is 0 Å². The number of aliphatic hydroxyl groups is 1. The fourth-order valence-corrected chi connectivity index (χ4v) is 2.97. The summed E-state index contributed by atoms with van der Waals surface area (Å²) >= 11 is 0. The van der Waals surface area contributed by atoms with Crippen LogP contribution in [0.15, 0.2) is 36.4 Å². The van der Waals surface area contributed by atoms with E-state index in [4.69, 9.17) is 9.84 Å². The number of nitrogens with one attached hydrogen (secondary N) is 1. The largest absolute Gasteiger partial charge is 0.497 e. The van der Waals surface area contributed by atoms with Crippen molar-refractivity contribution in [2.24, 2.45) is 0 Å². The molecule has 27 heavy (non-hydrogen) atoms. The van der Waals surface area contributed by atoms with Gasteiger partial charge in [0.15, 0.2) is 5.78 Å². The van der Waals surface area contributed by atoms with E-state index in [1.54, 1.807) is 31.4 Å². The van der Waals surface area contributed by atoms with Crippen molar-refractivity contribution in [1.29, 1.82) is 0 Å². The van der Waals surface area contributed by atoms with Crippen LogP contribution in [0.2, 0.25) is 0 Å². The van der Waals surface area contributed by atoms with E-state index < -0.39 is 0 Å². The SMILES string of the molecule is COc1ccc(C(=O)Cn2c(NCCCO)nc3cc(C)c(C)cc32)cc1. The zero-order valence-electron chi connectivity index (χ0n) is 16.0. The lowest BCUT2D eigenvalue weighted by Crippen LogP contribution is -2.15. The van der Waals surface area contributed by atoms with Gasteiger partial charge in [-0.25, -0.2) is 4.98 Å². The molecule has 0 atom stereocenters. The molecule has 2 N–H and O–H groups in total. The number of fused-ring (bicyclic) bond motifs is 1. The van der Waals surface area contributed by atoms with E-state index in [1.165, 1.54) is 0 Å². The molecule has 6 nitrogen and oxygen atoms in total. The van der Waals surface area contributed by atoms with Crippen LogP contribution in [0.1, 0.15) is 27.9 Å². The summed E-state index contributed by atoms with van der Waals surface area (Å²) in [5.74, 6) is 1.36. The second kappa shape index (κ2) is 8.22. The first kappa shape index (κ1) is 18.9. The van der Waals surface area contributed by atoms with Gasteiger partial charge in [-0.05, 0) is 67.8 Å². The maximum atomic E-state index is 12.8. The number of carbonyl (C=O) groups is 1. The van der Waals surface area contributed by atoms with Crippen LogP contribution in [0.4, 0.5) is 5.95 Å². The van der Waals surface area contributed by atoms with Crippen molar-refractivity contribution >= 4 is 22.8 Å². The average molecular weight is 367 g/mol. The van der Waals surface area contributed by atoms with E-state index in [0.717, 1.165) is 27.9 Å². The molecular weight excluding hydrogens is 342 g/mol. The van der Waals surface area contributed by atoms with Gasteiger partial charge in [-0.2, -0.15) is 0 Å². The Hall–Kier alpha value is -2.86. The Labute approximate surface area is 158 Å². The second-order valence-electron chi connectivity index (χ2n) is 6.60. The van der Waals surface area contributed by atoms with Crippen molar-refractivity contribution in [3.8, 4) is 5.75 Å². The lowest BCUT2D eigenvalue weighted by molar-refractivity contribution is 0.0974. The molecule has 0 saturated carbocycles. The van der Waals surface area contributed by atoms with E-state index in [0.29, 0.717) is 24.5 Å². The number of aromatic nitrogens is 2. The Morgan fingerprint density at radius 1 is 1.19 bits per heavy atom. The molecule has 3 rings (SSSR count). The minimum Gasteiger partial charge on any atom is -0.497 e. The van der Waals surface area contributed by atoms with Gasteiger partial charge < -0.3 is 19.7 Å². The highest BCUT2D eigenvalue weighted by molar-refractivity contribution is 5.97. The lowest BCUT2D eigenvalue weighted by Gasteiger charge is -2.11. The number of ether oxygens (including phenoxy) is 1. The maximum absolute atomic E-state index is 12.8. The zero-order chi connectivity index (χ0) is 19.4. The number of imidazole rings is 1. The van der Waals surface area contributed by atoms with Crippen LogP contribution in [0.25, 0.3) is 11.0 Å². The Bertz CT molecular complexity index is 945. The zero-order valence-corrected chi connectivity index (χ0v) is 16.0. The van der Waals surface area contributed by atoms with E-state index in [2.05, 4.69) is 30.2 Å². The third-order valence-electron chi connectivity index (χ3n) is 4.70. The number of aliphatic hydroxyl groups excluding tert-OH is 1. The molecule has 0 aliphatic rings. The molecule has 0 unspecified atom stereocenters. The Morgan fingerprint density at radius 2 is 1.89 bits per heavy atom. The smallest absolute Gasteiger partial charge is 0.204 e. The van der Waals surface area contributed by atoms with Crippen molar-refractivity contribution < 1.29 is 14.6 Å². The van der Waals surface area contributed by atoms with Gasteiger partial charge in [0.25, 0.3) is 0 Å². The number of rotatable bonds is 8. The number of benzene rings is 2. The highest BCUT2D eigenvalue weighted by Gasteiger charge is 2.16. The van der Waals surface area contributed by atoms with Crippen molar-refractivity contribution in [2.75, 3.05) is 25.6 Å². The number of hydrogen-bond donors (Lipinski definition) is 2. The number of carbonyl (C=O) groups excluding carboxylic acids is 1. The Balaban J connectivity index is 1.95. The normalized spacial score (nSPS) is 11.0. The minimum absolute atomic E-state index is 0.000360. The van der Waals surface area contributed by atoms with Crippen LogP contribution in [-0.2, 0) is 6.54 Å². The summed E-state index contributed by atoms with van der Waals surface area (Å²) in [5, 5.41) is 12.3. The monoisotopic (exact) mass is 367 g/mol. The van der Waals surface area contributed by atoms with Gasteiger partial charge in [0.2, 0.25) is 5.95 Å². The molecular formula is C21H25N3O3. The van der Waals surface area contributed by atoms with Crippen LogP contribution in [0.5, 0.6) is 5.75 Å². The number of anilines is 1. The van der Waals surface area contributed by atoms with Crippen LogP contribution >= 0.6 is 0 Å². The predicted octanol–water partition coefficient (Wildman–Crippen LogP) is 3.34. The molecule has 2 aromatic carbocycles. The van der Waals surface area contributed by atoms with Gasteiger partial charge in [0.1, 0.15) is 5.75 Å². The van der Waals surface area contributed by atoms with Gasteiger partial charge in [0, 0.05) is 18.7 Å². The number of Topliss-reactive ketones (excluding diaryl/α,β-unsaturated/α-hetero) is 1. The number of methoxy groups -OCH3 is 1. The average Bonchev–Trinajstić information content (AvgIpc) is 2.99. The highest BCUT2D eigenvalue weighted by atomic mass is 16.5. The summed E-state index contributed by atoms with van der Waals surface area (Å²) in [5.41, 5.74) is 4.72. The lowest BCUT2D eigenvalue weighted by atomic mass is 10.1. The topological polar surface area (TPSA) is 76.4 Å². The number of ketones is 1. The summed E-state index contributed by atoms with van der Waals surface area (Å²) in [6.45, 7) is 4.99. The molecule has 6 heteroatoms. The highest BCUT2D eigenvalue weighted by Crippen LogP contribution is 2.24. The van der Waals surface area contributed by atoms with E-state index in [9.17, 15) is 4.79 Å². The number of nitrogens with zero attached hydrogens (tertiary/aromatic N) is 2. The van der Waals surface area contributed by atoms with Crippen LogP contribution in [0, 0.1) is 13.8 Å². The summed E-state index contributed by atoms with van der Waals surface area (Å²) in [6.07, 6.45) is 0.619. The molecule has 1 aromatic heterocycles. The van der Waals surface area contributed by atoms with Gasteiger partial charge in [-0.1, -0.05) is 0 Å². The fourth-order valence-electron chi connectivity index (χ4n) is 2.97. The molecule has 142 valence electrons. The first-order chi connectivity index (χ1) is 13.0. The van der Waals surface area contributed by atoms with E-state index in [1.807, 2.05) is 10.6 Å². The van der Waals surface area contributed by atoms with Crippen molar-refractivity contribution in [3.05, 3.63) is 53.1 Å². The van der Waals surface area contributed by atoms with Gasteiger partial charge in [0.05, 0.1) is 24.7 Å². The van der Waals surface area contributed by atoms with Gasteiger partial charge in [-0.15, -0.1) is 0 Å². The van der Waals surface area contributed by atoms with Crippen molar-refractivity contribution in [3.63, 3.8) is 0 Å². The molecule has 0 aliphatic carbocycles. The summed E-state index contributed by atoms with van der Waals surface area (Å²) in [6, 6.07) is 11.2. The molecule has 0 radical (unpaired) electrons. The third-order valence-corrected chi connectivity index (χ3v) is 4.70. The summed E-state index contributed by atoms with van der Waals surface area (Å²) in [7, 11) is 1.60. The third kappa shape index (κ3) is 4.11. The molecule has 0 fully saturated rings. The van der Waals surface area contributed by atoms with Gasteiger partial charge >= 0.3 is 0 Å². The van der Waals surface area contributed by atoms with Crippen molar-refractivity contribution in [2.45, 2.75) is 26.8 Å². The predicted molar refractivity (Wildman–Crippen MR) is 107 cm³/mol. The molecule has 0 bridgehead atoms. The first-order valence-electron chi connectivity index (χ1n) is 9.03. The standard InChI is InChI=1S/C21H25N3O3/c1-14-11-18-19(12-15(14)2)24(21(23-18)22-9-4-10-25)13-20(26)16-5-7-17(27-3)8-6-16/h5-8,11-12,25H,4,9-10,13H2,1-3H3,(H,22,23). The molecule has 0 aliphatic heterocycles. The summed E-state index contributed by atoms with van der Waals surface area (Å²) in [4.78, 5) is 17.5. The van der Waals surface area contributed by atoms with Gasteiger partial charge in [-0.3, -0.25) is 4.79 Å². The maximum Gasteiger partial charge on any atom is 0.204 e. The second-order valence-corrected chi connectivity index (χ2v) is 6.60. The fraction of sp³-hybridized carbons (Fsp3) is 0.333. The molecule has 0 amide bonds. The van der Waals surface area contributed by atoms with Crippen LogP contribution in [0.3, 0.4) is 0 Å². The Morgan fingerprint density at radius 3 is 2.56 bits per heavy atom. The van der Waals surface area contributed by atoms with Crippen LogP contribution < -0.4 is 10.1 Å².